The number of hydrogen-bond acceptors (Lipinski definition) is 2. The highest BCUT2D eigenvalue weighted by Crippen LogP contribution is 2.22. The zero-order valence-electron chi connectivity index (χ0n) is 14.5. The third kappa shape index (κ3) is 5.77. The molecular weight excluding hydrogens is 299 g/mol. The summed E-state index contributed by atoms with van der Waals surface area (Å²) in [6, 6.07) is 8.92. The monoisotopic (exact) mass is 330 g/mol. The number of fused-ring (bicyclic) bond motifs is 1. The van der Waals surface area contributed by atoms with Crippen LogP contribution < -0.4 is 5.73 Å². The first-order valence-corrected chi connectivity index (χ1v) is 9.94. The first-order valence-electron chi connectivity index (χ1n) is 9.12. The van der Waals surface area contributed by atoms with Crippen molar-refractivity contribution in [1.82, 2.24) is 4.98 Å². The number of unbranched alkanes of at least 4 members (excludes halogenated alkanes) is 5. The van der Waals surface area contributed by atoms with E-state index in [2.05, 4.69) is 45.4 Å². The van der Waals surface area contributed by atoms with Gasteiger partial charge in [-0.2, -0.15) is 0 Å². The molecule has 0 aliphatic carbocycles. The van der Waals surface area contributed by atoms with Crippen LogP contribution >= 0.6 is 9.24 Å². The molecule has 1 unspecified atom stereocenters. The van der Waals surface area contributed by atoms with E-state index in [1.165, 1.54) is 67.6 Å². The molecule has 23 heavy (non-hydrogen) atoms. The zero-order chi connectivity index (χ0) is 16.5. The first-order chi connectivity index (χ1) is 11.2. The van der Waals surface area contributed by atoms with Gasteiger partial charge in [0.1, 0.15) is 5.82 Å². The van der Waals surface area contributed by atoms with Crippen molar-refractivity contribution < 1.29 is 0 Å². The van der Waals surface area contributed by atoms with Crippen LogP contribution in [0.15, 0.2) is 24.3 Å². The SMILES string of the molecule is CCCCCc1cc2ccc(CCCCCCP)cc2nc1N. The lowest BCUT2D eigenvalue weighted by atomic mass is 10.0. The molecule has 0 aliphatic rings. The Morgan fingerprint density at radius 3 is 2.52 bits per heavy atom. The minimum Gasteiger partial charge on any atom is -0.383 e. The van der Waals surface area contributed by atoms with E-state index in [0.29, 0.717) is 5.82 Å². The van der Waals surface area contributed by atoms with Gasteiger partial charge in [0.25, 0.3) is 0 Å². The van der Waals surface area contributed by atoms with Crippen LogP contribution in [0, 0.1) is 0 Å². The third-order valence-electron chi connectivity index (χ3n) is 4.46. The van der Waals surface area contributed by atoms with E-state index in [1.807, 2.05) is 0 Å². The molecular formula is C20H31N2P. The van der Waals surface area contributed by atoms with Crippen LogP contribution in [0.3, 0.4) is 0 Å². The molecule has 0 radical (unpaired) electrons. The van der Waals surface area contributed by atoms with Crippen molar-refractivity contribution >= 4 is 26.0 Å². The van der Waals surface area contributed by atoms with Gasteiger partial charge in [-0.3, -0.25) is 0 Å². The van der Waals surface area contributed by atoms with Crippen molar-refractivity contribution in [2.24, 2.45) is 0 Å². The fourth-order valence-corrected chi connectivity index (χ4v) is 3.31. The van der Waals surface area contributed by atoms with Crippen molar-refractivity contribution in [3.63, 3.8) is 0 Å². The lowest BCUT2D eigenvalue weighted by Crippen LogP contribution is -1.99. The quantitative estimate of drug-likeness (QED) is 0.459. The molecule has 1 atom stereocenters. The highest BCUT2D eigenvalue weighted by molar-refractivity contribution is 7.16. The van der Waals surface area contributed by atoms with Gasteiger partial charge in [0, 0.05) is 5.39 Å². The molecule has 0 bridgehead atoms. The van der Waals surface area contributed by atoms with Gasteiger partial charge in [-0.1, -0.05) is 44.7 Å². The van der Waals surface area contributed by atoms with Crippen molar-refractivity contribution in [2.45, 2.75) is 64.7 Å². The molecule has 1 aromatic heterocycles. The van der Waals surface area contributed by atoms with Crippen molar-refractivity contribution in [1.29, 1.82) is 0 Å². The van der Waals surface area contributed by atoms with Gasteiger partial charge in [0.2, 0.25) is 0 Å². The Labute approximate surface area is 143 Å². The van der Waals surface area contributed by atoms with Gasteiger partial charge >= 0.3 is 0 Å². The Bertz CT molecular complexity index is 610. The number of nitrogens with two attached hydrogens (primary N) is 1. The second kappa shape index (κ2) is 9.88. The smallest absolute Gasteiger partial charge is 0.127 e. The minimum absolute atomic E-state index is 0.714. The topological polar surface area (TPSA) is 38.9 Å². The highest BCUT2D eigenvalue weighted by Gasteiger charge is 2.05. The second-order valence-electron chi connectivity index (χ2n) is 6.47. The average Bonchev–Trinajstić information content (AvgIpc) is 2.55. The van der Waals surface area contributed by atoms with Crippen LogP contribution in [-0.2, 0) is 12.8 Å². The summed E-state index contributed by atoms with van der Waals surface area (Å²) in [4.78, 5) is 4.65. The number of nitrogen functional groups attached to an aromatic ring is 1. The number of pyridine rings is 1. The van der Waals surface area contributed by atoms with E-state index in [0.717, 1.165) is 18.4 Å². The van der Waals surface area contributed by atoms with Crippen molar-refractivity contribution in [3.05, 3.63) is 35.4 Å². The number of rotatable bonds is 10. The molecule has 0 amide bonds. The predicted molar refractivity (Wildman–Crippen MR) is 106 cm³/mol. The van der Waals surface area contributed by atoms with Crippen molar-refractivity contribution in [3.8, 4) is 0 Å². The third-order valence-corrected chi connectivity index (χ3v) is 4.87. The summed E-state index contributed by atoms with van der Waals surface area (Å²) in [5, 5.41) is 1.22. The largest absolute Gasteiger partial charge is 0.383 e. The van der Waals surface area contributed by atoms with Crippen molar-refractivity contribution in [2.75, 3.05) is 11.9 Å². The number of aryl methyl sites for hydroxylation is 2. The fourth-order valence-electron chi connectivity index (χ4n) is 3.02. The Balaban J connectivity index is 2.00. The minimum atomic E-state index is 0.714. The normalized spacial score (nSPS) is 11.2. The molecule has 2 aromatic rings. The molecule has 0 spiro atoms. The summed E-state index contributed by atoms with van der Waals surface area (Å²) in [6.45, 7) is 2.23. The number of benzene rings is 1. The maximum absolute atomic E-state index is 6.16. The summed E-state index contributed by atoms with van der Waals surface area (Å²) in [7, 11) is 2.80. The molecule has 3 heteroatoms. The van der Waals surface area contributed by atoms with Crippen LogP contribution in [0.25, 0.3) is 10.9 Å². The average molecular weight is 330 g/mol. The summed E-state index contributed by atoms with van der Waals surface area (Å²) < 4.78 is 0. The Morgan fingerprint density at radius 2 is 1.74 bits per heavy atom. The van der Waals surface area contributed by atoms with Crippen LogP contribution in [0.5, 0.6) is 0 Å². The molecule has 2 rings (SSSR count). The van der Waals surface area contributed by atoms with Gasteiger partial charge < -0.3 is 5.73 Å². The Kier molecular flexibility index (Phi) is 7.82. The standard InChI is InChI=1S/C20H31N2P/c1-2-3-6-10-18-15-17-12-11-16(9-7-4-5-8-13-23)14-19(17)22-20(18)21/h11-12,14-15H,2-10,13,23H2,1H3,(H2,21,22). The number of nitrogens with zero attached hydrogens (tertiary/aromatic N) is 1. The summed E-state index contributed by atoms with van der Waals surface area (Å²) in [5.74, 6) is 0.714. The summed E-state index contributed by atoms with van der Waals surface area (Å²) in [6.07, 6.45) is 12.3. The highest BCUT2D eigenvalue weighted by atomic mass is 31.0. The molecule has 2 nitrogen and oxygen atoms in total. The lowest BCUT2D eigenvalue weighted by Gasteiger charge is -2.09. The van der Waals surface area contributed by atoms with E-state index in [-0.39, 0.29) is 0 Å². The van der Waals surface area contributed by atoms with Gasteiger partial charge in [0.05, 0.1) is 5.52 Å². The second-order valence-corrected chi connectivity index (χ2v) is 7.05. The van der Waals surface area contributed by atoms with Crippen LogP contribution in [0.4, 0.5) is 5.82 Å². The van der Waals surface area contributed by atoms with E-state index in [9.17, 15) is 0 Å². The fraction of sp³-hybridized carbons (Fsp3) is 0.550. The van der Waals surface area contributed by atoms with E-state index in [4.69, 9.17) is 5.73 Å². The first kappa shape index (κ1) is 18.2. The van der Waals surface area contributed by atoms with E-state index in [1.54, 1.807) is 0 Å². The van der Waals surface area contributed by atoms with Gasteiger partial charge in [-0.25, -0.2) is 4.98 Å². The van der Waals surface area contributed by atoms with Crippen LogP contribution in [-0.4, -0.2) is 11.1 Å². The molecule has 2 N–H and O–H groups in total. The summed E-state index contributed by atoms with van der Waals surface area (Å²) in [5.41, 5.74) is 9.79. The molecule has 126 valence electrons. The molecule has 0 saturated heterocycles. The molecule has 0 fully saturated rings. The van der Waals surface area contributed by atoms with Gasteiger partial charge in [-0.05, 0) is 61.5 Å². The number of aromatic nitrogens is 1. The van der Waals surface area contributed by atoms with Crippen LogP contribution in [0.2, 0.25) is 0 Å². The maximum Gasteiger partial charge on any atom is 0.127 e. The maximum atomic E-state index is 6.16. The number of anilines is 1. The zero-order valence-corrected chi connectivity index (χ0v) is 15.6. The van der Waals surface area contributed by atoms with Gasteiger partial charge in [-0.15, -0.1) is 9.24 Å². The molecule has 0 saturated carbocycles. The predicted octanol–water partition coefficient (Wildman–Crippen LogP) is 5.53. The molecule has 1 aromatic carbocycles. The Hall–Kier alpha value is -1.14. The van der Waals surface area contributed by atoms with E-state index >= 15 is 0 Å². The van der Waals surface area contributed by atoms with Crippen LogP contribution in [0.1, 0.15) is 63.0 Å². The van der Waals surface area contributed by atoms with Gasteiger partial charge in [0.15, 0.2) is 0 Å². The summed E-state index contributed by atoms with van der Waals surface area (Å²) >= 11 is 0. The molecule has 1 heterocycles. The van der Waals surface area contributed by atoms with E-state index < -0.39 is 0 Å². The molecule has 0 aliphatic heterocycles. The Morgan fingerprint density at radius 1 is 0.957 bits per heavy atom. The number of hydrogen-bond donors (Lipinski definition) is 1. The lowest BCUT2D eigenvalue weighted by molar-refractivity contribution is 0.670.